The van der Waals surface area contributed by atoms with Gasteiger partial charge in [-0.05, 0) is 48.5 Å². The minimum absolute atomic E-state index is 0.154. The van der Waals surface area contributed by atoms with Crippen LogP contribution in [0.3, 0.4) is 0 Å². The summed E-state index contributed by atoms with van der Waals surface area (Å²) in [6.07, 6.45) is -4.24. The van der Waals surface area contributed by atoms with Crippen molar-refractivity contribution >= 4 is 17.3 Å². The summed E-state index contributed by atoms with van der Waals surface area (Å²) in [6, 6.07) is 13.1. The van der Waals surface area contributed by atoms with E-state index in [0.717, 1.165) is 17.8 Å². The molecule has 7 heteroatoms. The number of benzene rings is 2. The molecule has 1 amide bonds. The lowest BCUT2D eigenvalue weighted by molar-refractivity contribution is -0.137. The topological polar surface area (TPSA) is 64.9 Å². The first-order valence-electron chi connectivity index (χ1n) is 7.09. The fourth-order valence-electron chi connectivity index (χ4n) is 1.95. The molecule has 0 saturated carbocycles. The molecule has 0 heterocycles. The van der Waals surface area contributed by atoms with Crippen LogP contribution in [-0.2, 0) is 11.0 Å². The van der Waals surface area contributed by atoms with Crippen molar-refractivity contribution in [3.63, 3.8) is 0 Å². The second-order valence-electron chi connectivity index (χ2n) is 4.99. The summed E-state index contributed by atoms with van der Waals surface area (Å²) in [4.78, 5) is 11.8. The molecule has 0 aliphatic rings. The van der Waals surface area contributed by atoms with Gasteiger partial charge in [-0.2, -0.15) is 18.4 Å². The summed E-state index contributed by atoms with van der Waals surface area (Å²) >= 11 is 0. The molecule has 2 rings (SSSR count). The molecule has 0 atom stereocenters. The zero-order valence-electron chi connectivity index (χ0n) is 12.5. The van der Waals surface area contributed by atoms with Crippen molar-refractivity contribution in [2.24, 2.45) is 0 Å². The van der Waals surface area contributed by atoms with Gasteiger partial charge in [-0.3, -0.25) is 4.79 Å². The number of carbonyl (C=O) groups is 1. The molecule has 2 aromatic rings. The number of anilines is 2. The van der Waals surface area contributed by atoms with Gasteiger partial charge in [-0.1, -0.05) is 0 Å². The summed E-state index contributed by atoms with van der Waals surface area (Å²) in [5.41, 5.74) is 0.867. The monoisotopic (exact) mass is 333 g/mol. The van der Waals surface area contributed by atoms with E-state index < -0.39 is 11.7 Å². The number of alkyl halides is 3. The van der Waals surface area contributed by atoms with E-state index in [2.05, 4.69) is 10.6 Å². The molecular weight excluding hydrogens is 319 g/mol. The molecule has 0 spiro atoms. The van der Waals surface area contributed by atoms with Gasteiger partial charge in [0.2, 0.25) is 5.91 Å². The van der Waals surface area contributed by atoms with Crippen LogP contribution in [0.1, 0.15) is 17.5 Å². The lowest BCUT2D eigenvalue weighted by Crippen LogP contribution is -2.16. The van der Waals surface area contributed by atoms with Crippen LogP contribution in [0, 0.1) is 11.3 Å². The van der Waals surface area contributed by atoms with Gasteiger partial charge in [-0.15, -0.1) is 0 Å². The lowest BCUT2D eigenvalue weighted by atomic mass is 10.2. The Morgan fingerprint density at radius 3 is 2.12 bits per heavy atom. The van der Waals surface area contributed by atoms with E-state index in [1.807, 2.05) is 6.07 Å². The van der Waals surface area contributed by atoms with Crippen LogP contribution in [0.5, 0.6) is 0 Å². The smallest absolute Gasteiger partial charge is 0.385 e. The van der Waals surface area contributed by atoms with Gasteiger partial charge in [0.05, 0.1) is 17.2 Å². The highest BCUT2D eigenvalue weighted by Gasteiger charge is 2.29. The van der Waals surface area contributed by atoms with Gasteiger partial charge in [0.25, 0.3) is 0 Å². The van der Waals surface area contributed by atoms with Crippen molar-refractivity contribution < 1.29 is 18.0 Å². The highest BCUT2D eigenvalue weighted by atomic mass is 19.4. The van der Waals surface area contributed by atoms with Crippen LogP contribution in [0.25, 0.3) is 0 Å². The molecule has 0 bridgehead atoms. The Kier molecular flexibility index (Phi) is 5.42. The van der Waals surface area contributed by atoms with Crippen molar-refractivity contribution in [3.05, 3.63) is 59.7 Å². The number of halogens is 3. The van der Waals surface area contributed by atoms with Gasteiger partial charge in [0.15, 0.2) is 0 Å². The predicted molar refractivity (Wildman–Crippen MR) is 84.3 cm³/mol. The molecule has 4 nitrogen and oxygen atoms in total. The highest BCUT2D eigenvalue weighted by molar-refractivity contribution is 5.91. The Morgan fingerprint density at radius 2 is 1.58 bits per heavy atom. The Balaban J connectivity index is 1.79. The number of rotatable bonds is 5. The van der Waals surface area contributed by atoms with Crippen LogP contribution < -0.4 is 10.6 Å². The van der Waals surface area contributed by atoms with Crippen LogP contribution >= 0.6 is 0 Å². The van der Waals surface area contributed by atoms with Gasteiger partial charge >= 0.3 is 6.18 Å². The largest absolute Gasteiger partial charge is 0.416 e. The Labute approximate surface area is 136 Å². The predicted octanol–water partition coefficient (Wildman–Crippen LogP) is 4.02. The molecule has 0 aliphatic carbocycles. The number of nitriles is 1. The molecule has 0 unspecified atom stereocenters. The molecule has 24 heavy (non-hydrogen) atoms. The zero-order valence-corrected chi connectivity index (χ0v) is 12.5. The Bertz CT molecular complexity index is 732. The quantitative estimate of drug-likeness (QED) is 0.869. The van der Waals surface area contributed by atoms with Crippen molar-refractivity contribution in [1.82, 2.24) is 0 Å². The second-order valence-corrected chi connectivity index (χ2v) is 4.99. The summed E-state index contributed by atoms with van der Waals surface area (Å²) < 4.78 is 37.3. The second kappa shape index (κ2) is 7.51. The van der Waals surface area contributed by atoms with E-state index >= 15 is 0 Å². The van der Waals surface area contributed by atoms with E-state index in [0.29, 0.717) is 17.8 Å². The SMILES string of the molecule is N#Cc1ccc(NCCC(=O)Nc2ccc(C(F)(F)F)cc2)cc1. The molecular formula is C17H14F3N3O. The van der Waals surface area contributed by atoms with Gasteiger partial charge in [-0.25, -0.2) is 0 Å². The third-order valence-corrected chi connectivity index (χ3v) is 3.19. The number of hydrogen-bond donors (Lipinski definition) is 2. The van der Waals surface area contributed by atoms with E-state index in [-0.39, 0.29) is 12.3 Å². The maximum Gasteiger partial charge on any atom is 0.416 e. The molecule has 0 fully saturated rings. The fraction of sp³-hybridized carbons (Fsp3) is 0.176. The maximum atomic E-state index is 12.4. The number of hydrogen-bond acceptors (Lipinski definition) is 3. The number of nitrogens with one attached hydrogen (secondary N) is 2. The molecule has 2 N–H and O–H groups in total. The zero-order chi connectivity index (χ0) is 17.6. The minimum Gasteiger partial charge on any atom is -0.385 e. The van der Waals surface area contributed by atoms with E-state index in [9.17, 15) is 18.0 Å². The minimum atomic E-state index is -4.40. The molecule has 0 aromatic heterocycles. The Morgan fingerprint density at radius 1 is 1.00 bits per heavy atom. The fourth-order valence-corrected chi connectivity index (χ4v) is 1.95. The number of carbonyl (C=O) groups excluding carboxylic acids is 1. The third-order valence-electron chi connectivity index (χ3n) is 3.19. The highest BCUT2D eigenvalue weighted by Crippen LogP contribution is 2.29. The van der Waals surface area contributed by atoms with E-state index in [1.165, 1.54) is 12.1 Å². The summed E-state index contributed by atoms with van der Waals surface area (Å²) in [5.74, 6) is -0.309. The van der Waals surface area contributed by atoms with Crippen molar-refractivity contribution in [1.29, 1.82) is 5.26 Å². The van der Waals surface area contributed by atoms with Crippen LogP contribution in [0.15, 0.2) is 48.5 Å². The number of amides is 1. The molecule has 0 aliphatic heterocycles. The van der Waals surface area contributed by atoms with Gasteiger partial charge in [0.1, 0.15) is 0 Å². The Hall–Kier alpha value is -3.01. The van der Waals surface area contributed by atoms with E-state index in [4.69, 9.17) is 5.26 Å². The number of nitrogens with zero attached hydrogens (tertiary/aromatic N) is 1. The van der Waals surface area contributed by atoms with Crippen molar-refractivity contribution in [2.45, 2.75) is 12.6 Å². The molecule has 0 radical (unpaired) electrons. The van der Waals surface area contributed by atoms with Crippen LogP contribution in [0.2, 0.25) is 0 Å². The van der Waals surface area contributed by atoms with Crippen LogP contribution in [-0.4, -0.2) is 12.5 Å². The first-order chi connectivity index (χ1) is 11.4. The third kappa shape index (κ3) is 5.02. The molecule has 124 valence electrons. The summed E-state index contributed by atoms with van der Waals surface area (Å²) in [5, 5.41) is 14.3. The summed E-state index contributed by atoms with van der Waals surface area (Å²) in [6.45, 7) is 0.359. The van der Waals surface area contributed by atoms with Crippen molar-refractivity contribution in [3.8, 4) is 6.07 Å². The lowest BCUT2D eigenvalue weighted by Gasteiger charge is -2.09. The molecule has 0 saturated heterocycles. The van der Waals surface area contributed by atoms with Gasteiger partial charge < -0.3 is 10.6 Å². The average Bonchev–Trinajstić information content (AvgIpc) is 2.55. The van der Waals surface area contributed by atoms with Gasteiger partial charge in [0, 0.05) is 24.3 Å². The maximum absolute atomic E-state index is 12.4. The molecule has 2 aromatic carbocycles. The standard InChI is InChI=1S/C17H14F3N3O/c18-17(19,20)13-3-7-15(8-4-13)23-16(24)9-10-22-14-5-1-12(11-21)2-6-14/h1-8,22H,9-10H2,(H,23,24). The van der Waals surface area contributed by atoms with Crippen LogP contribution in [0.4, 0.5) is 24.5 Å². The van der Waals surface area contributed by atoms with Crippen molar-refractivity contribution in [2.75, 3.05) is 17.2 Å². The first kappa shape index (κ1) is 17.3. The normalized spacial score (nSPS) is 10.8. The van der Waals surface area contributed by atoms with E-state index in [1.54, 1.807) is 24.3 Å². The first-order valence-corrected chi connectivity index (χ1v) is 7.09. The summed E-state index contributed by atoms with van der Waals surface area (Å²) in [7, 11) is 0. The average molecular weight is 333 g/mol.